The summed E-state index contributed by atoms with van der Waals surface area (Å²) < 4.78 is 5.59. The monoisotopic (exact) mass is 259 g/mol. The summed E-state index contributed by atoms with van der Waals surface area (Å²) in [4.78, 5) is 12.0. The van der Waals surface area contributed by atoms with E-state index >= 15 is 0 Å². The number of benzene rings is 1. The van der Waals surface area contributed by atoms with E-state index in [2.05, 4.69) is 5.32 Å². The Bertz CT molecular complexity index is 426. The van der Waals surface area contributed by atoms with Crippen LogP contribution in [0.2, 0.25) is 0 Å². The van der Waals surface area contributed by atoms with Crippen molar-refractivity contribution < 1.29 is 9.53 Å². The third kappa shape index (κ3) is 3.16. The van der Waals surface area contributed by atoms with Gasteiger partial charge >= 0.3 is 0 Å². The molecule has 3 heteroatoms. The van der Waals surface area contributed by atoms with Crippen LogP contribution in [-0.4, -0.2) is 18.1 Å². The first kappa shape index (κ1) is 12.7. The molecule has 1 aromatic rings. The Morgan fingerprint density at radius 1 is 1.16 bits per heavy atom. The lowest BCUT2D eigenvalue weighted by molar-refractivity contribution is -0.122. The van der Waals surface area contributed by atoms with Gasteiger partial charge in [-0.3, -0.25) is 4.79 Å². The fraction of sp³-hybridized carbons (Fsp3) is 0.562. The molecule has 1 N–H and O–H groups in total. The molecule has 0 radical (unpaired) electrons. The fourth-order valence-electron chi connectivity index (χ4n) is 3.04. The second kappa shape index (κ2) is 5.74. The van der Waals surface area contributed by atoms with E-state index in [1.54, 1.807) is 0 Å². The van der Waals surface area contributed by atoms with Gasteiger partial charge in [-0.1, -0.05) is 49.6 Å². The van der Waals surface area contributed by atoms with Crippen molar-refractivity contribution in [1.82, 2.24) is 5.32 Å². The number of nitrogens with one attached hydrogen (secondary N) is 1. The normalized spacial score (nSPS) is 26.9. The van der Waals surface area contributed by atoms with Gasteiger partial charge in [0.15, 0.2) is 6.10 Å². The second-order valence-electron chi connectivity index (χ2n) is 5.62. The van der Waals surface area contributed by atoms with E-state index in [0.717, 1.165) is 5.56 Å². The van der Waals surface area contributed by atoms with Gasteiger partial charge in [-0.2, -0.15) is 0 Å². The number of rotatable bonds is 4. The maximum Gasteiger partial charge on any atom is 0.252 e. The molecule has 2 aliphatic rings. The minimum absolute atomic E-state index is 0.0550. The minimum Gasteiger partial charge on any atom is -0.359 e. The summed E-state index contributed by atoms with van der Waals surface area (Å²) in [6.07, 6.45) is 6.39. The summed E-state index contributed by atoms with van der Waals surface area (Å²) in [7, 11) is 0. The molecule has 102 valence electrons. The number of ether oxygens (including phenoxy) is 1. The van der Waals surface area contributed by atoms with Gasteiger partial charge in [-0.05, 0) is 24.3 Å². The molecule has 2 fully saturated rings. The van der Waals surface area contributed by atoms with Gasteiger partial charge in [0, 0.05) is 6.54 Å². The van der Waals surface area contributed by atoms with Crippen molar-refractivity contribution in [3.63, 3.8) is 0 Å². The van der Waals surface area contributed by atoms with Crippen molar-refractivity contribution in [1.29, 1.82) is 0 Å². The zero-order valence-corrected chi connectivity index (χ0v) is 11.2. The molecule has 0 unspecified atom stereocenters. The molecular weight excluding hydrogens is 238 g/mol. The topological polar surface area (TPSA) is 41.6 Å². The highest BCUT2D eigenvalue weighted by atomic mass is 16.6. The second-order valence-corrected chi connectivity index (χ2v) is 5.62. The molecule has 0 aromatic heterocycles. The van der Waals surface area contributed by atoms with Gasteiger partial charge in [0.2, 0.25) is 0 Å². The third-order valence-electron chi connectivity index (χ3n) is 4.21. The van der Waals surface area contributed by atoms with Crippen LogP contribution in [0.1, 0.15) is 37.7 Å². The summed E-state index contributed by atoms with van der Waals surface area (Å²) >= 11 is 0. The minimum atomic E-state index is -0.188. The Hall–Kier alpha value is -1.35. The molecule has 1 saturated carbocycles. The Morgan fingerprint density at radius 3 is 2.63 bits per heavy atom. The lowest BCUT2D eigenvalue weighted by Crippen LogP contribution is -2.30. The first-order valence-corrected chi connectivity index (χ1v) is 7.32. The van der Waals surface area contributed by atoms with Crippen LogP contribution in [-0.2, 0) is 16.1 Å². The van der Waals surface area contributed by atoms with Gasteiger partial charge in [0.1, 0.15) is 0 Å². The molecule has 19 heavy (non-hydrogen) atoms. The first-order valence-electron chi connectivity index (χ1n) is 7.32. The molecule has 1 amide bonds. The molecule has 0 bridgehead atoms. The van der Waals surface area contributed by atoms with E-state index in [4.69, 9.17) is 4.74 Å². The molecule has 3 nitrogen and oxygen atoms in total. The molecule has 0 spiro atoms. The highest BCUT2D eigenvalue weighted by Crippen LogP contribution is 2.38. The fourth-order valence-corrected chi connectivity index (χ4v) is 3.04. The van der Waals surface area contributed by atoms with E-state index < -0.39 is 0 Å². The molecule has 1 aliphatic heterocycles. The van der Waals surface area contributed by atoms with Gasteiger partial charge in [-0.15, -0.1) is 0 Å². The van der Waals surface area contributed by atoms with E-state index in [9.17, 15) is 4.79 Å². The van der Waals surface area contributed by atoms with Crippen molar-refractivity contribution in [3.8, 4) is 0 Å². The van der Waals surface area contributed by atoms with Crippen LogP contribution in [0.25, 0.3) is 0 Å². The van der Waals surface area contributed by atoms with Gasteiger partial charge in [0.05, 0.1) is 6.10 Å². The van der Waals surface area contributed by atoms with Crippen LogP contribution in [0.3, 0.4) is 0 Å². The lowest BCUT2D eigenvalue weighted by atomic mass is 9.86. The summed E-state index contributed by atoms with van der Waals surface area (Å²) in [5, 5.41) is 2.97. The number of hydrogen-bond donors (Lipinski definition) is 1. The van der Waals surface area contributed by atoms with Crippen LogP contribution in [0.4, 0.5) is 0 Å². The van der Waals surface area contributed by atoms with Crippen LogP contribution in [0.15, 0.2) is 30.3 Å². The Labute approximate surface area is 114 Å². The SMILES string of the molecule is O=C(NCc1ccccc1)[C@@H]1O[C@H]1C1CCCCC1. The van der Waals surface area contributed by atoms with Crippen molar-refractivity contribution >= 4 is 5.91 Å². The molecular formula is C16H21NO2. The number of epoxide rings is 1. The van der Waals surface area contributed by atoms with Gasteiger partial charge < -0.3 is 10.1 Å². The third-order valence-corrected chi connectivity index (χ3v) is 4.21. The number of carbonyl (C=O) groups is 1. The first-order chi connectivity index (χ1) is 9.34. The summed E-state index contributed by atoms with van der Waals surface area (Å²) in [6, 6.07) is 9.99. The van der Waals surface area contributed by atoms with E-state index in [1.807, 2.05) is 30.3 Å². The quantitative estimate of drug-likeness (QED) is 0.845. The average Bonchev–Trinajstić information content (AvgIpc) is 3.27. The number of amides is 1. The zero-order valence-electron chi connectivity index (χ0n) is 11.2. The zero-order chi connectivity index (χ0) is 13.1. The summed E-state index contributed by atoms with van der Waals surface area (Å²) in [5.74, 6) is 0.667. The van der Waals surface area contributed by atoms with E-state index in [-0.39, 0.29) is 18.1 Å². The van der Waals surface area contributed by atoms with Crippen molar-refractivity contribution in [2.45, 2.75) is 50.9 Å². The predicted molar refractivity (Wildman–Crippen MR) is 73.5 cm³/mol. The highest BCUT2D eigenvalue weighted by Gasteiger charge is 2.49. The molecule has 1 aromatic carbocycles. The standard InChI is InChI=1S/C16H21NO2/c18-16(17-11-12-7-3-1-4-8-12)15-14(19-15)13-9-5-2-6-10-13/h1,3-4,7-8,13-15H,2,5-6,9-11H2,(H,17,18)/t14-,15+/m0/s1. The van der Waals surface area contributed by atoms with Crippen LogP contribution >= 0.6 is 0 Å². The van der Waals surface area contributed by atoms with Crippen molar-refractivity contribution in [2.75, 3.05) is 0 Å². The highest BCUT2D eigenvalue weighted by molar-refractivity contribution is 5.83. The Morgan fingerprint density at radius 2 is 1.89 bits per heavy atom. The smallest absolute Gasteiger partial charge is 0.252 e. The van der Waals surface area contributed by atoms with E-state index in [1.165, 1.54) is 32.1 Å². The lowest BCUT2D eigenvalue weighted by Gasteiger charge is -2.19. The van der Waals surface area contributed by atoms with Gasteiger partial charge in [0.25, 0.3) is 5.91 Å². The van der Waals surface area contributed by atoms with Crippen LogP contribution in [0.5, 0.6) is 0 Å². The van der Waals surface area contributed by atoms with Gasteiger partial charge in [-0.25, -0.2) is 0 Å². The molecule has 1 heterocycles. The molecule has 3 rings (SSSR count). The van der Waals surface area contributed by atoms with E-state index in [0.29, 0.717) is 12.5 Å². The largest absolute Gasteiger partial charge is 0.359 e. The molecule has 2 atom stereocenters. The average molecular weight is 259 g/mol. The maximum absolute atomic E-state index is 12.0. The molecule has 1 saturated heterocycles. The van der Waals surface area contributed by atoms with Crippen molar-refractivity contribution in [2.24, 2.45) is 5.92 Å². The van der Waals surface area contributed by atoms with Crippen LogP contribution in [0, 0.1) is 5.92 Å². The molecule has 1 aliphatic carbocycles. The number of hydrogen-bond acceptors (Lipinski definition) is 2. The van der Waals surface area contributed by atoms with Crippen LogP contribution < -0.4 is 5.32 Å². The number of carbonyl (C=O) groups excluding carboxylic acids is 1. The summed E-state index contributed by atoms with van der Waals surface area (Å²) in [6.45, 7) is 0.594. The Kier molecular flexibility index (Phi) is 3.83. The maximum atomic E-state index is 12.0. The summed E-state index contributed by atoms with van der Waals surface area (Å²) in [5.41, 5.74) is 1.13. The predicted octanol–water partition coefficient (Wildman–Crippen LogP) is 2.65. The van der Waals surface area contributed by atoms with Crippen molar-refractivity contribution in [3.05, 3.63) is 35.9 Å². The Balaban J connectivity index is 1.45.